The van der Waals surface area contributed by atoms with Crippen LogP contribution in [0.5, 0.6) is 0 Å². The molecule has 1 aromatic carbocycles. The summed E-state index contributed by atoms with van der Waals surface area (Å²) in [6, 6.07) is 7.03. The number of halogens is 1. The van der Waals surface area contributed by atoms with Gasteiger partial charge in [-0.05, 0) is 25.3 Å². The summed E-state index contributed by atoms with van der Waals surface area (Å²) in [7, 11) is 1.54. The highest BCUT2D eigenvalue weighted by atomic mass is 35.5. The molecule has 0 spiro atoms. The smallest absolute Gasteiger partial charge is 0.377 e. The first-order valence-corrected chi connectivity index (χ1v) is 9.51. The van der Waals surface area contributed by atoms with Gasteiger partial charge in [0, 0.05) is 24.1 Å². The first kappa shape index (κ1) is 20.2. The maximum atomic E-state index is 13.0. The molecule has 0 bridgehead atoms. The van der Waals surface area contributed by atoms with Crippen LogP contribution in [0.4, 0.5) is 0 Å². The van der Waals surface area contributed by atoms with Gasteiger partial charge in [0.1, 0.15) is 25.0 Å². The van der Waals surface area contributed by atoms with Crippen LogP contribution >= 0.6 is 11.6 Å². The van der Waals surface area contributed by atoms with Crippen molar-refractivity contribution >= 4 is 29.3 Å². The Morgan fingerprint density at radius 3 is 2.71 bits per heavy atom. The molecule has 1 saturated carbocycles. The molecule has 1 fully saturated rings. The summed E-state index contributed by atoms with van der Waals surface area (Å²) >= 11 is 6.38. The minimum absolute atomic E-state index is 0.0688. The van der Waals surface area contributed by atoms with Crippen molar-refractivity contribution in [3.63, 3.8) is 0 Å². The number of ketones is 1. The van der Waals surface area contributed by atoms with Gasteiger partial charge in [0.15, 0.2) is 12.4 Å². The third-order valence-electron chi connectivity index (χ3n) is 5.10. The van der Waals surface area contributed by atoms with Crippen molar-refractivity contribution in [3.8, 4) is 0 Å². The highest BCUT2D eigenvalue weighted by molar-refractivity contribution is 6.31. The Labute approximate surface area is 168 Å². The number of Topliss-reactive ketones (excluding diaryl/α,β-unsaturated/α-hetero) is 1. The second-order valence-electron chi connectivity index (χ2n) is 6.70. The Bertz CT molecular complexity index is 808. The van der Waals surface area contributed by atoms with Gasteiger partial charge in [-0.25, -0.2) is 4.79 Å². The van der Waals surface area contributed by atoms with E-state index in [1.807, 2.05) is 0 Å². The molecule has 0 saturated heterocycles. The van der Waals surface area contributed by atoms with Gasteiger partial charge in [-0.15, -0.1) is 0 Å². The molecule has 7 nitrogen and oxygen atoms in total. The number of ether oxygens (including phenoxy) is 3. The van der Waals surface area contributed by atoms with E-state index in [4.69, 9.17) is 25.8 Å². The zero-order valence-electron chi connectivity index (χ0n) is 15.6. The molecule has 0 unspecified atom stereocenters. The van der Waals surface area contributed by atoms with Gasteiger partial charge >= 0.3 is 5.97 Å². The number of benzene rings is 1. The lowest BCUT2D eigenvalue weighted by atomic mass is 9.74. The Hall–Kier alpha value is -2.54. The van der Waals surface area contributed by atoms with Crippen molar-refractivity contribution < 1.29 is 28.6 Å². The summed E-state index contributed by atoms with van der Waals surface area (Å²) in [5.41, 5.74) is -0.570. The molecule has 0 aromatic heterocycles. The first-order valence-electron chi connectivity index (χ1n) is 9.13. The van der Waals surface area contributed by atoms with Gasteiger partial charge in [0.25, 0.3) is 5.91 Å². The monoisotopic (exact) mass is 407 g/mol. The fourth-order valence-corrected chi connectivity index (χ4v) is 3.91. The number of carbonyl (C=O) groups excluding carboxylic acids is 3. The summed E-state index contributed by atoms with van der Waals surface area (Å²) in [6.45, 7) is 0.0648. The lowest BCUT2D eigenvalue weighted by molar-refractivity contribution is -0.157. The van der Waals surface area contributed by atoms with Crippen molar-refractivity contribution in [2.24, 2.45) is 0 Å². The Balaban J connectivity index is 1.79. The van der Waals surface area contributed by atoms with Gasteiger partial charge < -0.3 is 19.1 Å². The number of likely N-dealkylation sites (N-methyl/N-ethyl adjacent to an activating group) is 1. The highest BCUT2D eigenvalue weighted by Crippen LogP contribution is 2.42. The van der Waals surface area contributed by atoms with E-state index >= 15 is 0 Å². The van der Waals surface area contributed by atoms with Crippen LogP contribution in [-0.4, -0.2) is 49.4 Å². The summed E-state index contributed by atoms with van der Waals surface area (Å²) in [5, 5.41) is 0.423. The predicted octanol–water partition coefficient (Wildman–Crippen LogP) is 2.57. The van der Waals surface area contributed by atoms with Crippen LogP contribution < -0.4 is 0 Å². The van der Waals surface area contributed by atoms with Crippen LogP contribution in [0.2, 0.25) is 5.02 Å². The number of amides is 1. The standard InChI is InChI=1S/C20H22ClNO6/c1-22(18(24)13-28-19(25)16-12-26-10-11-27-16)20(9-5-4-8-17(20)23)14-6-2-3-7-15(14)21/h2-3,6-7,12H,4-5,8-11,13H2,1H3/t20-/m1/s1. The maximum absolute atomic E-state index is 13.0. The number of carbonyl (C=O) groups is 3. The van der Waals surface area contributed by atoms with E-state index in [2.05, 4.69) is 0 Å². The molecule has 1 amide bonds. The van der Waals surface area contributed by atoms with Gasteiger partial charge in [0.05, 0.1) is 0 Å². The van der Waals surface area contributed by atoms with E-state index < -0.39 is 24.0 Å². The summed E-state index contributed by atoms with van der Waals surface area (Å²) < 4.78 is 15.2. The van der Waals surface area contributed by atoms with Crippen LogP contribution in [0.15, 0.2) is 36.3 Å². The van der Waals surface area contributed by atoms with Crippen molar-refractivity contribution in [2.45, 2.75) is 31.2 Å². The predicted molar refractivity (Wildman–Crippen MR) is 100 cm³/mol. The van der Waals surface area contributed by atoms with Crippen LogP contribution in [0.1, 0.15) is 31.2 Å². The van der Waals surface area contributed by atoms with E-state index in [0.29, 0.717) is 30.0 Å². The molecule has 0 radical (unpaired) electrons. The molecule has 3 rings (SSSR count). The minimum atomic E-state index is -1.16. The molecule has 2 aliphatic rings. The molecule has 8 heteroatoms. The van der Waals surface area contributed by atoms with Gasteiger partial charge in [0.2, 0.25) is 5.76 Å². The third kappa shape index (κ3) is 3.85. The first-order chi connectivity index (χ1) is 13.5. The Kier molecular flexibility index (Phi) is 6.24. The molecule has 28 heavy (non-hydrogen) atoms. The van der Waals surface area contributed by atoms with E-state index in [0.717, 1.165) is 19.1 Å². The minimum Gasteiger partial charge on any atom is -0.493 e. The van der Waals surface area contributed by atoms with Crippen LogP contribution in [0.3, 0.4) is 0 Å². The van der Waals surface area contributed by atoms with E-state index in [9.17, 15) is 14.4 Å². The second kappa shape index (κ2) is 8.65. The number of rotatable bonds is 5. The fourth-order valence-electron chi connectivity index (χ4n) is 3.61. The van der Waals surface area contributed by atoms with Crippen molar-refractivity contribution in [3.05, 3.63) is 46.9 Å². The third-order valence-corrected chi connectivity index (χ3v) is 5.43. The normalized spacial score (nSPS) is 21.8. The SMILES string of the molecule is CN(C(=O)COC(=O)C1=COCCO1)[C@@]1(c2ccccc2Cl)CCCCC1=O. The van der Waals surface area contributed by atoms with Crippen LogP contribution in [0, 0.1) is 0 Å². The van der Waals surface area contributed by atoms with Gasteiger partial charge in [-0.3, -0.25) is 9.59 Å². The van der Waals surface area contributed by atoms with E-state index in [-0.39, 0.29) is 18.1 Å². The zero-order chi connectivity index (χ0) is 20.1. The molecule has 1 aromatic rings. The fraction of sp³-hybridized carbons (Fsp3) is 0.450. The van der Waals surface area contributed by atoms with Gasteiger partial charge in [-0.2, -0.15) is 0 Å². The number of esters is 1. The Morgan fingerprint density at radius 1 is 1.25 bits per heavy atom. The molecule has 1 aliphatic carbocycles. The molecule has 0 N–H and O–H groups in total. The lowest BCUT2D eigenvalue weighted by Crippen LogP contribution is -2.55. The lowest BCUT2D eigenvalue weighted by Gasteiger charge is -2.43. The summed E-state index contributed by atoms with van der Waals surface area (Å²) in [6.07, 6.45) is 3.55. The average molecular weight is 408 g/mol. The largest absolute Gasteiger partial charge is 0.493 e. The molecular weight excluding hydrogens is 386 g/mol. The van der Waals surface area contributed by atoms with Crippen LogP contribution in [0.25, 0.3) is 0 Å². The number of hydrogen-bond acceptors (Lipinski definition) is 6. The van der Waals surface area contributed by atoms with E-state index in [1.54, 1.807) is 31.3 Å². The quantitative estimate of drug-likeness (QED) is 0.698. The zero-order valence-corrected chi connectivity index (χ0v) is 16.4. The Morgan fingerprint density at radius 2 is 2.04 bits per heavy atom. The number of nitrogens with zero attached hydrogens (tertiary/aromatic N) is 1. The van der Waals surface area contributed by atoms with Crippen molar-refractivity contribution in [2.75, 3.05) is 26.9 Å². The molecule has 150 valence electrons. The topological polar surface area (TPSA) is 82.1 Å². The molecule has 1 heterocycles. The van der Waals surface area contributed by atoms with Crippen molar-refractivity contribution in [1.29, 1.82) is 0 Å². The average Bonchev–Trinajstić information content (AvgIpc) is 2.73. The maximum Gasteiger partial charge on any atom is 0.377 e. The summed E-state index contributed by atoms with van der Waals surface area (Å²) in [4.78, 5) is 39.2. The number of hydrogen-bond donors (Lipinski definition) is 0. The summed E-state index contributed by atoms with van der Waals surface area (Å²) in [5.74, 6) is -1.44. The highest BCUT2D eigenvalue weighted by Gasteiger charge is 2.48. The molecule has 1 atom stereocenters. The van der Waals surface area contributed by atoms with Gasteiger partial charge in [-0.1, -0.05) is 29.8 Å². The van der Waals surface area contributed by atoms with Crippen LogP contribution in [-0.2, 0) is 34.1 Å². The second-order valence-corrected chi connectivity index (χ2v) is 7.11. The molecule has 1 aliphatic heterocycles. The molecular formula is C20H22ClNO6. The van der Waals surface area contributed by atoms with E-state index in [1.165, 1.54) is 4.90 Å². The van der Waals surface area contributed by atoms with Crippen molar-refractivity contribution in [1.82, 2.24) is 4.90 Å².